The minimum Gasteiger partial charge on any atom is -0.396 e. The topological polar surface area (TPSA) is 116 Å². The number of ether oxygens (including phenoxy) is 1. The highest BCUT2D eigenvalue weighted by atomic mass is 16.7. The van der Waals surface area contributed by atoms with Crippen molar-refractivity contribution in [2.75, 3.05) is 6.61 Å². The van der Waals surface area contributed by atoms with E-state index in [4.69, 9.17) is 5.11 Å². The molecule has 0 saturated carbocycles. The summed E-state index contributed by atoms with van der Waals surface area (Å²) in [6.45, 7) is -0.294. The summed E-state index contributed by atoms with van der Waals surface area (Å²) in [6.07, 6.45) is -2.71. The van der Waals surface area contributed by atoms with E-state index in [1.807, 2.05) is 0 Å². The van der Waals surface area contributed by atoms with Gasteiger partial charge in [-0.2, -0.15) is 0 Å². The van der Waals surface area contributed by atoms with Gasteiger partial charge in [-0.3, -0.25) is 20.2 Å². The van der Waals surface area contributed by atoms with Crippen LogP contribution in [0.25, 0.3) is 0 Å². The predicted molar refractivity (Wildman–Crippen MR) is 42.5 cm³/mol. The van der Waals surface area contributed by atoms with Gasteiger partial charge < -0.3 is 5.11 Å². The Morgan fingerprint density at radius 2 is 1.64 bits per heavy atom. The molecular formula is C6H10N2O6. The summed E-state index contributed by atoms with van der Waals surface area (Å²) in [7, 11) is 0. The zero-order valence-corrected chi connectivity index (χ0v) is 7.24. The molecule has 1 aliphatic rings. The molecule has 1 rings (SSSR count). The maximum atomic E-state index is 10.4. The van der Waals surface area contributed by atoms with Crippen molar-refractivity contribution in [3.8, 4) is 0 Å². The van der Waals surface area contributed by atoms with Gasteiger partial charge in [0.15, 0.2) is 0 Å². The minimum absolute atomic E-state index is 0.0217. The second kappa shape index (κ2) is 4.29. The molecule has 2 atom stereocenters. The standard InChI is InChI=1S/C6H10N2O6/c9-3-4-1-5(7(10)11)14-6(2-4)8(12)13/h4-6,9H,1-3H2. The summed E-state index contributed by atoms with van der Waals surface area (Å²) in [4.78, 5) is 19.3. The predicted octanol–water partition coefficient (Wildman–Crippen LogP) is -0.389. The molecule has 0 bridgehead atoms. The highest BCUT2D eigenvalue weighted by Crippen LogP contribution is 2.25. The lowest BCUT2D eigenvalue weighted by molar-refractivity contribution is -0.657. The number of rotatable bonds is 3. The maximum absolute atomic E-state index is 10.4. The van der Waals surface area contributed by atoms with Crippen LogP contribution in [0.2, 0.25) is 0 Å². The van der Waals surface area contributed by atoms with Gasteiger partial charge in [-0.05, 0) is 0 Å². The van der Waals surface area contributed by atoms with Gasteiger partial charge in [-0.1, -0.05) is 0 Å². The van der Waals surface area contributed by atoms with Gasteiger partial charge in [-0.15, -0.1) is 0 Å². The van der Waals surface area contributed by atoms with Crippen LogP contribution < -0.4 is 0 Å². The minimum atomic E-state index is -1.38. The van der Waals surface area contributed by atoms with Gasteiger partial charge in [0.25, 0.3) is 0 Å². The quantitative estimate of drug-likeness (QED) is 0.496. The van der Waals surface area contributed by atoms with Crippen LogP contribution in [0.5, 0.6) is 0 Å². The molecule has 2 unspecified atom stereocenters. The van der Waals surface area contributed by atoms with E-state index in [0.717, 1.165) is 0 Å². The monoisotopic (exact) mass is 206 g/mol. The van der Waals surface area contributed by atoms with E-state index in [9.17, 15) is 20.2 Å². The molecule has 1 saturated heterocycles. The van der Waals surface area contributed by atoms with Crippen molar-refractivity contribution in [2.24, 2.45) is 5.92 Å². The molecule has 0 aliphatic carbocycles. The van der Waals surface area contributed by atoms with Crippen molar-refractivity contribution in [1.82, 2.24) is 0 Å². The van der Waals surface area contributed by atoms with Crippen molar-refractivity contribution in [2.45, 2.75) is 25.3 Å². The summed E-state index contributed by atoms with van der Waals surface area (Å²) < 4.78 is 4.63. The van der Waals surface area contributed by atoms with Gasteiger partial charge in [0, 0.05) is 25.4 Å². The Hall–Kier alpha value is -1.28. The van der Waals surface area contributed by atoms with E-state index in [1.54, 1.807) is 0 Å². The van der Waals surface area contributed by atoms with E-state index in [-0.39, 0.29) is 19.4 Å². The normalized spacial score (nSPS) is 32.5. The molecule has 0 aromatic heterocycles. The Bertz CT molecular complexity index is 222. The molecule has 1 N–H and O–H groups in total. The zero-order valence-electron chi connectivity index (χ0n) is 7.24. The Morgan fingerprint density at radius 1 is 1.21 bits per heavy atom. The molecule has 0 aromatic rings. The number of nitro groups is 2. The first-order chi connectivity index (χ1) is 6.54. The van der Waals surface area contributed by atoms with E-state index in [1.165, 1.54) is 0 Å². The highest BCUT2D eigenvalue weighted by Gasteiger charge is 2.41. The van der Waals surface area contributed by atoms with E-state index < -0.39 is 28.2 Å². The first kappa shape index (κ1) is 10.8. The van der Waals surface area contributed by atoms with Crippen LogP contribution in [0.1, 0.15) is 12.8 Å². The van der Waals surface area contributed by atoms with Crippen LogP contribution in [0.3, 0.4) is 0 Å². The molecule has 1 fully saturated rings. The number of aliphatic hydroxyl groups is 1. The van der Waals surface area contributed by atoms with Crippen LogP contribution in [0.15, 0.2) is 0 Å². The lowest BCUT2D eigenvalue weighted by atomic mass is 9.98. The first-order valence-corrected chi connectivity index (χ1v) is 4.08. The molecule has 1 heterocycles. The molecule has 0 aromatic carbocycles. The Morgan fingerprint density at radius 3 is 1.93 bits per heavy atom. The molecule has 0 radical (unpaired) electrons. The van der Waals surface area contributed by atoms with Crippen molar-refractivity contribution in [1.29, 1.82) is 0 Å². The Kier molecular flexibility index (Phi) is 3.31. The fourth-order valence-electron chi connectivity index (χ4n) is 1.38. The fraction of sp³-hybridized carbons (Fsp3) is 1.00. The van der Waals surface area contributed by atoms with Crippen LogP contribution in [-0.2, 0) is 4.74 Å². The summed E-state index contributed by atoms with van der Waals surface area (Å²) in [5.41, 5.74) is 0. The summed E-state index contributed by atoms with van der Waals surface area (Å²) in [5.74, 6) is -0.436. The van der Waals surface area contributed by atoms with Crippen LogP contribution in [0.4, 0.5) is 0 Å². The molecule has 14 heavy (non-hydrogen) atoms. The molecule has 0 amide bonds. The second-order valence-corrected chi connectivity index (χ2v) is 3.14. The van der Waals surface area contributed by atoms with Gasteiger partial charge in [-0.25, -0.2) is 4.74 Å². The third-order valence-electron chi connectivity index (χ3n) is 2.11. The molecule has 8 nitrogen and oxygen atoms in total. The van der Waals surface area contributed by atoms with Crippen LogP contribution in [-0.4, -0.2) is 34.0 Å². The molecule has 80 valence electrons. The lowest BCUT2D eigenvalue weighted by Gasteiger charge is -2.24. The van der Waals surface area contributed by atoms with Crippen molar-refractivity contribution >= 4 is 0 Å². The third-order valence-corrected chi connectivity index (χ3v) is 2.11. The number of hydrogen-bond acceptors (Lipinski definition) is 6. The summed E-state index contributed by atoms with van der Waals surface area (Å²) in [6, 6.07) is 0. The van der Waals surface area contributed by atoms with E-state index in [0.29, 0.717) is 0 Å². The average molecular weight is 206 g/mol. The van der Waals surface area contributed by atoms with Crippen molar-refractivity contribution < 1.29 is 19.7 Å². The Balaban J connectivity index is 2.66. The summed E-state index contributed by atoms with van der Waals surface area (Å²) in [5, 5.41) is 29.5. The van der Waals surface area contributed by atoms with E-state index >= 15 is 0 Å². The van der Waals surface area contributed by atoms with Gasteiger partial charge >= 0.3 is 12.5 Å². The van der Waals surface area contributed by atoms with Crippen LogP contribution >= 0.6 is 0 Å². The summed E-state index contributed by atoms with van der Waals surface area (Å²) >= 11 is 0. The number of nitrogens with zero attached hydrogens (tertiary/aromatic N) is 2. The smallest absolute Gasteiger partial charge is 0.320 e. The maximum Gasteiger partial charge on any atom is 0.320 e. The average Bonchev–Trinajstić information content (AvgIpc) is 2.16. The largest absolute Gasteiger partial charge is 0.396 e. The highest BCUT2D eigenvalue weighted by molar-refractivity contribution is 4.67. The lowest BCUT2D eigenvalue weighted by Crippen LogP contribution is -2.42. The number of hydrogen-bond donors (Lipinski definition) is 1. The molecule has 8 heteroatoms. The molecular weight excluding hydrogens is 196 g/mol. The number of aliphatic hydroxyl groups excluding tert-OH is 1. The van der Waals surface area contributed by atoms with Crippen LogP contribution in [0, 0.1) is 26.1 Å². The zero-order chi connectivity index (χ0) is 10.7. The second-order valence-electron chi connectivity index (χ2n) is 3.14. The van der Waals surface area contributed by atoms with Gasteiger partial charge in [0.05, 0.1) is 9.85 Å². The van der Waals surface area contributed by atoms with Crippen molar-refractivity contribution in [3.63, 3.8) is 0 Å². The fourth-order valence-corrected chi connectivity index (χ4v) is 1.38. The van der Waals surface area contributed by atoms with Crippen molar-refractivity contribution in [3.05, 3.63) is 20.2 Å². The molecule has 0 spiro atoms. The van der Waals surface area contributed by atoms with Gasteiger partial charge in [0.2, 0.25) is 0 Å². The van der Waals surface area contributed by atoms with E-state index in [2.05, 4.69) is 4.74 Å². The first-order valence-electron chi connectivity index (χ1n) is 4.08. The SMILES string of the molecule is O=[N+]([O-])C1CC(CO)CC([N+](=O)[O-])O1. The third kappa shape index (κ3) is 2.36. The Labute approximate surface area is 78.8 Å². The molecule has 1 aliphatic heterocycles. The van der Waals surface area contributed by atoms with Gasteiger partial charge in [0.1, 0.15) is 0 Å².